The third-order valence-corrected chi connectivity index (χ3v) is 5.24. The molecular weight excluding hydrogens is 386 g/mol. The number of benzene rings is 2. The number of hydrogen-bond donors (Lipinski definition) is 2. The van der Waals surface area contributed by atoms with Crippen molar-refractivity contribution in [2.45, 2.75) is 13.3 Å². The van der Waals surface area contributed by atoms with Gasteiger partial charge in [-0.25, -0.2) is 4.98 Å². The Labute approximate surface area is 171 Å². The lowest BCUT2D eigenvalue weighted by Crippen LogP contribution is -2.20. The molecule has 2 heterocycles. The Morgan fingerprint density at radius 3 is 2.72 bits per heavy atom. The quantitative estimate of drug-likeness (QED) is 0.428. The van der Waals surface area contributed by atoms with Crippen LogP contribution in [0.5, 0.6) is 5.75 Å². The largest absolute Gasteiger partial charge is 0.484 e. The number of carbonyl (C=O) groups excluding carboxylic acids is 2. The van der Waals surface area contributed by atoms with Crippen molar-refractivity contribution in [3.63, 3.8) is 0 Å². The van der Waals surface area contributed by atoms with Crippen molar-refractivity contribution >= 4 is 39.1 Å². The van der Waals surface area contributed by atoms with E-state index < -0.39 is 0 Å². The Kier molecular flexibility index (Phi) is 5.39. The molecular formula is C22H19N3O3S. The van der Waals surface area contributed by atoms with E-state index in [9.17, 15) is 9.59 Å². The second-order valence-corrected chi connectivity index (χ2v) is 7.28. The molecule has 7 heteroatoms. The molecule has 0 bridgehead atoms. The maximum atomic E-state index is 12.2. The molecule has 2 aromatic carbocycles. The van der Waals surface area contributed by atoms with Crippen molar-refractivity contribution < 1.29 is 14.3 Å². The predicted octanol–water partition coefficient (Wildman–Crippen LogP) is 4.90. The molecule has 2 N–H and O–H groups in total. The summed E-state index contributed by atoms with van der Waals surface area (Å²) in [5.74, 6) is 0.314. The number of rotatable bonds is 7. The van der Waals surface area contributed by atoms with Crippen LogP contribution in [0.3, 0.4) is 0 Å². The highest BCUT2D eigenvalue weighted by Crippen LogP contribution is 2.30. The van der Waals surface area contributed by atoms with Gasteiger partial charge in [-0.05, 0) is 30.3 Å². The molecule has 0 aliphatic heterocycles. The molecule has 0 fully saturated rings. The number of Topliss-reactive ketones (excluding diaryl/α,β-unsaturated/α-hetero) is 1. The number of hydrogen-bond acceptors (Lipinski definition) is 5. The van der Waals surface area contributed by atoms with Crippen molar-refractivity contribution in [1.82, 2.24) is 9.97 Å². The van der Waals surface area contributed by atoms with Gasteiger partial charge in [-0.1, -0.05) is 25.1 Å². The van der Waals surface area contributed by atoms with Gasteiger partial charge in [0.25, 0.3) is 5.91 Å². The van der Waals surface area contributed by atoms with Crippen LogP contribution in [0.4, 0.5) is 5.13 Å². The number of nitrogens with zero attached hydrogens (tertiary/aromatic N) is 1. The van der Waals surface area contributed by atoms with Crippen LogP contribution < -0.4 is 10.1 Å². The lowest BCUT2D eigenvalue weighted by Gasteiger charge is -2.06. The SMILES string of the molecule is CCC(=O)c1ccc(OCC(=O)Nc2nc(-c3c[nH]c4ccccc34)cs2)cc1. The van der Waals surface area contributed by atoms with E-state index in [1.807, 2.05) is 42.8 Å². The number of nitrogens with one attached hydrogen (secondary N) is 2. The molecule has 0 saturated heterocycles. The number of fused-ring (bicyclic) bond motifs is 1. The summed E-state index contributed by atoms with van der Waals surface area (Å²) in [5.41, 5.74) is 3.48. The first kappa shape index (κ1) is 18.9. The maximum absolute atomic E-state index is 12.2. The number of anilines is 1. The highest BCUT2D eigenvalue weighted by atomic mass is 32.1. The minimum absolute atomic E-state index is 0.0732. The normalized spacial score (nSPS) is 10.8. The second-order valence-electron chi connectivity index (χ2n) is 6.42. The zero-order valence-corrected chi connectivity index (χ0v) is 16.6. The van der Waals surface area contributed by atoms with Gasteiger partial charge in [0.1, 0.15) is 5.75 Å². The summed E-state index contributed by atoms with van der Waals surface area (Å²) in [6, 6.07) is 14.8. The molecule has 0 spiro atoms. The van der Waals surface area contributed by atoms with Gasteiger partial charge in [0.2, 0.25) is 0 Å². The molecule has 0 aliphatic rings. The van der Waals surface area contributed by atoms with Crippen LogP contribution in [-0.2, 0) is 4.79 Å². The summed E-state index contributed by atoms with van der Waals surface area (Å²) < 4.78 is 5.49. The number of aromatic nitrogens is 2. The predicted molar refractivity (Wildman–Crippen MR) is 115 cm³/mol. The zero-order chi connectivity index (χ0) is 20.2. The van der Waals surface area contributed by atoms with E-state index in [0.29, 0.717) is 22.9 Å². The monoisotopic (exact) mass is 405 g/mol. The van der Waals surface area contributed by atoms with E-state index in [-0.39, 0.29) is 18.3 Å². The van der Waals surface area contributed by atoms with Gasteiger partial charge >= 0.3 is 0 Å². The average molecular weight is 405 g/mol. The zero-order valence-electron chi connectivity index (χ0n) is 15.8. The molecule has 146 valence electrons. The number of para-hydroxylation sites is 1. The number of ketones is 1. The molecule has 0 saturated carbocycles. The Bertz CT molecular complexity index is 1160. The van der Waals surface area contributed by atoms with E-state index in [1.165, 1.54) is 11.3 Å². The molecule has 0 atom stereocenters. The fraction of sp³-hybridized carbons (Fsp3) is 0.136. The molecule has 1 amide bonds. The van der Waals surface area contributed by atoms with Gasteiger partial charge in [0.05, 0.1) is 5.69 Å². The maximum Gasteiger partial charge on any atom is 0.264 e. The third-order valence-electron chi connectivity index (χ3n) is 4.48. The first-order chi connectivity index (χ1) is 14.1. The Morgan fingerprint density at radius 2 is 1.93 bits per heavy atom. The molecule has 29 heavy (non-hydrogen) atoms. The van der Waals surface area contributed by atoms with E-state index >= 15 is 0 Å². The van der Waals surface area contributed by atoms with Crippen LogP contribution in [0.25, 0.3) is 22.2 Å². The van der Waals surface area contributed by atoms with E-state index in [4.69, 9.17) is 4.74 Å². The van der Waals surface area contributed by atoms with Crippen LogP contribution in [0, 0.1) is 0 Å². The fourth-order valence-corrected chi connectivity index (χ4v) is 3.71. The first-order valence-corrected chi connectivity index (χ1v) is 10.1. The standard InChI is InChI=1S/C22H19N3O3S/c1-2-20(26)14-7-9-15(10-8-14)28-12-21(27)25-22-24-19(13-29-22)17-11-23-18-6-4-3-5-16(17)18/h3-11,13,23H,2,12H2,1H3,(H,24,25,27). The summed E-state index contributed by atoms with van der Waals surface area (Å²) in [6.45, 7) is 1.68. The smallest absolute Gasteiger partial charge is 0.264 e. The molecule has 4 aromatic rings. The molecule has 0 unspecified atom stereocenters. The van der Waals surface area contributed by atoms with Crippen LogP contribution >= 0.6 is 11.3 Å². The number of H-pyrrole nitrogens is 1. The summed E-state index contributed by atoms with van der Waals surface area (Å²) in [4.78, 5) is 31.6. The lowest BCUT2D eigenvalue weighted by atomic mass is 10.1. The number of aromatic amines is 1. The molecule has 0 radical (unpaired) electrons. The molecule has 6 nitrogen and oxygen atoms in total. The van der Waals surface area contributed by atoms with E-state index in [1.54, 1.807) is 24.3 Å². The number of carbonyl (C=O) groups is 2. The van der Waals surface area contributed by atoms with Crippen molar-refractivity contribution in [2.24, 2.45) is 0 Å². The minimum atomic E-state index is -0.293. The van der Waals surface area contributed by atoms with Crippen LogP contribution in [0.1, 0.15) is 23.7 Å². The van der Waals surface area contributed by atoms with Gasteiger partial charge < -0.3 is 9.72 Å². The van der Waals surface area contributed by atoms with Gasteiger partial charge in [-0.3, -0.25) is 14.9 Å². The molecule has 4 rings (SSSR count). The Hall–Kier alpha value is -3.45. The van der Waals surface area contributed by atoms with Crippen molar-refractivity contribution in [2.75, 3.05) is 11.9 Å². The minimum Gasteiger partial charge on any atom is -0.484 e. The average Bonchev–Trinajstić information content (AvgIpc) is 3.38. The van der Waals surface area contributed by atoms with Gasteiger partial charge in [0, 0.05) is 40.0 Å². The van der Waals surface area contributed by atoms with Gasteiger partial charge in [0.15, 0.2) is 17.5 Å². The topological polar surface area (TPSA) is 84.1 Å². The summed E-state index contributed by atoms with van der Waals surface area (Å²) >= 11 is 1.36. The van der Waals surface area contributed by atoms with Crippen molar-refractivity contribution in [1.29, 1.82) is 0 Å². The highest BCUT2D eigenvalue weighted by molar-refractivity contribution is 7.14. The summed E-state index contributed by atoms with van der Waals surface area (Å²) in [6.07, 6.45) is 2.37. The number of amides is 1. The van der Waals surface area contributed by atoms with E-state index in [2.05, 4.69) is 15.3 Å². The first-order valence-electron chi connectivity index (χ1n) is 9.22. The van der Waals surface area contributed by atoms with Crippen molar-refractivity contribution in [3.05, 3.63) is 65.7 Å². The molecule has 0 aliphatic carbocycles. The van der Waals surface area contributed by atoms with E-state index in [0.717, 1.165) is 22.2 Å². The summed E-state index contributed by atoms with van der Waals surface area (Å²) in [5, 5.41) is 6.28. The summed E-state index contributed by atoms with van der Waals surface area (Å²) in [7, 11) is 0. The number of thiazole rings is 1. The third kappa shape index (κ3) is 4.20. The highest BCUT2D eigenvalue weighted by Gasteiger charge is 2.12. The Morgan fingerprint density at radius 1 is 1.14 bits per heavy atom. The van der Waals surface area contributed by atoms with Gasteiger partial charge in [-0.15, -0.1) is 11.3 Å². The van der Waals surface area contributed by atoms with Crippen molar-refractivity contribution in [3.8, 4) is 17.0 Å². The molecule has 2 aromatic heterocycles. The fourth-order valence-electron chi connectivity index (χ4n) is 2.98. The Balaban J connectivity index is 1.36. The van der Waals surface area contributed by atoms with Gasteiger partial charge in [-0.2, -0.15) is 0 Å². The lowest BCUT2D eigenvalue weighted by molar-refractivity contribution is -0.118. The number of ether oxygens (including phenoxy) is 1. The van der Waals surface area contributed by atoms with Crippen LogP contribution in [-0.4, -0.2) is 28.3 Å². The van der Waals surface area contributed by atoms with Crippen LogP contribution in [0.15, 0.2) is 60.1 Å². The second kappa shape index (κ2) is 8.28. The van der Waals surface area contributed by atoms with Crippen LogP contribution in [0.2, 0.25) is 0 Å².